The molecule has 72 heavy (non-hydrogen) atoms. The SMILES string of the molecule is CC(C)(NC(=O)[C@H]1CCCN1C(=O)[C@H](Cc1cnc[nH]1)NC(=O)CNC(=O)[C@H](Cc1cnc[nH]1)NC(=O)OCc1ccccc1)C(=O)N[C@@H](Cc1cnc[nH]1)C(=O)NCC(=O)N[C@@H](Cc1cnc[nH]1)C(N)=O. The zero-order chi connectivity index (χ0) is 51.6. The summed E-state index contributed by atoms with van der Waals surface area (Å²) in [6, 6.07) is 2.98. The Kier molecular flexibility index (Phi) is 18.3. The molecule has 4 aromatic heterocycles. The van der Waals surface area contributed by atoms with E-state index in [0.717, 1.165) is 5.56 Å². The molecular weight excluding hydrogens is 939 g/mol. The van der Waals surface area contributed by atoms with E-state index in [9.17, 15) is 43.2 Å². The number of likely N-dealkylation sites (tertiary alicyclic amines) is 1. The second-order valence-electron chi connectivity index (χ2n) is 17.3. The van der Waals surface area contributed by atoms with Gasteiger partial charge in [0.05, 0.1) is 38.4 Å². The summed E-state index contributed by atoms with van der Waals surface area (Å²) >= 11 is 0. The maximum absolute atomic E-state index is 14.3. The molecule has 1 aromatic carbocycles. The Morgan fingerprint density at radius 3 is 1.62 bits per heavy atom. The van der Waals surface area contributed by atoms with E-state index < -0.39 is 102 Å². The monoisotopic (exact) mass is 995 g/mol. The Balaban J connectivity index is 1.05. The van der Waals surface area contributed by atoms with Crippen molar-refractivity contribution < 1.29 is 47.9 Å². The van der Waals surface area contributed by atoms with Crippen LogP contribution in [0.3, 0.4) is 0 Å². The van der Waals surface area contributed by atoms with Crippen molar-refractivity contribution in [3.63, 3.8) is 0 Å². The van der Waals surface area contributed by atoms with Gasteiger partial charge in [0.25, 0.3) is 0 Å². The second-order valence-corrected chi connectivity index (χ2v) is 17.3. The largest absolute Gasteiger partial charge is 0.445 e. The van der Waals surface area contributed by atoms with Crippen LogP contribution in [0.1, 0.15) is 55.0 Å². The molecule has 1 saturated heterocycles. The quantitative estimate of drug-likeness (QED) is 0.0281. The van der Waals surface area contributed by atoms with E-state index >= 15 is 0 Å². The zero-order valence-electron chi connectivity index (χ0n) is 39.4. The molecule has 1 fully saturated rings. The van der Waals surface area contributed by atoms with Crippen molar-refractivity contribution in [2.45, 2.75) is 94.7 Å². The standard InChI is InChI=1S/C45H57N17O10/c1-45(2,43(70)59-32(12-28-16-48-23-54-28)39(66)51-19-36(63)57-31(38(46)65)11-27-15-47-22-53-27)61-41(68)35-9-6-10-62(35)42(69)34(14-30-18-50-25-56-30)58-37(64)20-52-40(67)33(13-29-17-49-24-55-29)60-44(71)72-21-26-7-4-3-5-8-26/h3-5,7-8,15-18,22-25,31-35H,6,9-14,19-21H2,1-2H3,(H2,46,65)(H,47,53)(H,48,54)(H,49,55)(H,50,56)(H,51,66)(H,52,67)(H,57,63)(H,58,64)(H,59,70)(H,60,71)(H,61,68)/t31-,32-,33-,34-,35+/m0/s1. The van der Waals surface area contributed by atoms with E-state index in [-0.39, 0.29) is 45.3 Å². The molecule has 6 rings (SSSR count). The van der Waals surface area contributed by atoms with Crippen LogP contribution >= 0.6 is 0 Å². The summed E-state index contributed by atoms with van der Waals surface area (Å²) in [7, 11) is 0. The van der Waals surface area contributed by atoms with E-state index in [4.69, 9.17) is 10.5 Å². The van der Waals surface area contributed by atoms with E-state index in [0.29, 0.717) is 29.2 Å². The predicted molar refractivity (Wildman–Crippen MR) is 251 cm³/mol. The number of imidazole rings is 4. The van der Waals surface area contributed by atoms with Gasteiger partial charge in [-0.2, -0.15) is 0 Å². The number of hydrogen-bond acceptors (Lipinski definition) is 14. The maximum Gasteiger partial charge on any atom is 0.408 e. The van der Waals surface area contributed by atoms with Crippen LogP contribution in [-0.2, 0) is 75.4 Å². The number of primary amides is 1. The Morgan fingerprint density at radius 2 is 1.14 bits per heavy atom. The number of aromatic amines is 4. The first-order chi connectivity index (χ1) is 34.5. The lowest BCUT2D eigenvalue weighted by Gasteiger charge is -2.32. The van der Waals surface area contributed by atoms with Gasteiger partial charge in [-0.25, -0.2) is 24.7 Å². The van der Waals surface area contributed by atoms with Gasteiger partial charge in [0.1, 0.15) is 42.4 Å². The smallest absolute Gasteiger partial charge is 0.408 e. The van der Waals surface area contributed by atoms with E-state index in [1.807, 2.05) is 6.07 Å². The number of amides is 9. The Bertz CT molecular complexity index is 2610. The molecule has 27 nitrogen and oxygen atoms in total. The maximum atomic E-state index is 14.3. The van der Waals surface area contributed by atoms with Crippen LogP contribution in [-0.4, -0.2) is 154 Å². The molecule has 1 aliphatic heterocycles. The van der Waals surface area contributed by atoms with Crippen molar-refractivity contribution in [2.75, 3.05) is 19.6 Å². The van der Waals surface area contributed by atoms with Crippen molar-refractivity contribution in [1.29, 1.82) is 0 Å². The third-order valence-corrected chi connectivity index (χ3v) is 11.4. The van der Waals surface area contributed by atoms with Crippen LogP contribution in [0.4, 0.5) is 4.79 Å². The van der Waals surface area contributed by atoms with Crippen LogP contribution in [0.2, 0.25) is 0 Å². The van der Waals surface area contributed by atoms with E-state index in [2.05, 4.69) is 77.1 Å². The minimum absolute atomic E-state index is 0.0249. The molecular formula is C45H57N17O10. The molecule has 5 atom stereocenters. The molecule has 0 aliphatic carbocycles. The lowest BCUT2D eigenvalue weighted by molar-refractivity contribution is -0.143. The van der Waals surface area contributed by atoms with Gasteiger partial charge < -0.3 is 72.5 Å². The van der Waals surface area contributed by atoms with Crippen molar-refractivity contribution in [3.8, 4) is 0 Å². The average Bonchev–Trinajstić information content (AvgIpc) is 4.23. The van der Waals surface area contributed by atoms with Gasteiger partial charge in [-0.05, 0) is 32.3 Å². The number of nitrogens with one attached hydrogen (secondary N) is 11. The molecule has 5 heterocycles. The third kappa shape index (κ3) is 15.6. The summed E-state index contributed by atoms with van der Waals surface area (Å²) in [4.78, 5) is 149. The van der Waals surface area contributed by atoms with E-state index in [1.54, 1.807) is 24.3 Å². The van der Waals surface area contributed by atoms with Crippen molar-refractivity contribution >= 4 is 53.4 Å². The molecule has 5 aromatic rings. The van der Waals surface area contributed by atoms with Gasteiger partial charge in [0.15, 0.2) is 0 Å². The summed E-state index contributed by atoms with van der Waals surface area (Å²) in [5, 5.41) is 17.9. The van der Waals surface area contributed by atoms with Gasteiger partial charge in [0, 0.05) is 79.8 Å². The summed E-state index contributed by atoms with van der Waals surface area (Å²) in [6.45, 7) is 1.70. The fourth-order valence-corrected chi connectivity index (χ4v) is 7.58. The molecule has 0 bridgehead atoms. The topological polar surface area (TPSA) is 391 Å². The van der Waals surface area contributed by atoms with Gasteiger partial charge in [-0.3, -0.25) is 38.4 Å². The second kappa shape index (κ2) is 25.1. The molecule has 9 amide bonds. The third-order valence-electron chi connectivity index (χ3n) is 11.4. The minimum atomic E-state index is -1.68. The van der Waals surface area contributed by atoms with Crippen molar-refractivity contribution in [1.82, 2.24) is 82.0 Å². The van der Waals surface area contributed by atoms with Crippen LogP contribution in [0.25, 0.3) is 0 Å². The number of hydrogen-bond donors (Lipinski definition) is 12. The number of alkyl carbamates (subject to hydrolysis) is 1. The number of H-pyrrole nitrogens is 4. The number of ether oxygens (including phenoxy) is 1. The summed E-state index contributed by atoms with van der Waals surface area (Å²) in [5.74, 6) is -5.94. The van der Waals surface area contributed by atoms with Crippen molar-refractivity contribution in [2.24, 2.45) is 5.73 Å². The highest BCUT2D eigenvalue weighted by Gasteiger charge is 2.41. The summed E-state index contributed by atoms with van der Waals surface area (Å²) in [5.41, 5.74) is 6.50. The molecule has 1 aliphatic rings. The van der Waals surface area contributed by atoms with Gasteiger partial charge in [-0.15, -0.1) is 0 Å². The van der Waals surface area contributed by atoms with Crippen molar-refractivity contribution in [3.05, 3.63) is 109 Å². The van der Waals surface area contributed by atoms with Crippen LogP contribution < -0.4 is 43.0 Å². The predicted octanol–water partition coefficient (Wildman–Crippen LogP) is -2.80. The number of rotatable bonds is 25. The first-order valence-electron chi connectivity index (χ1n) is 22.8. The fourth-order valence-electron chi connectivity index (χ4n) is 7.58. The number of aromatic nitrogens is 8. The van der Waals surface area contributed by atoms with E-state index in [1.165, 1.54) is 68.8 Å². The van der Waals surface area contributed by atoms with Gasteiger partial charge in [0.2, 0.25) is 47.3 Å². The molecule has 0 spiro atoms. The highest BCUT2D eigenvalue weighted by atomic mass is 16.5. The molecule has 13 N–H and O–H groups in total. The lowest BCUT2D eigenvalue weighted by Crippen LogP contribution is -2.62. The number of carbonyl (C=O) groups is 9. The zero-order valence-corrected chi connectivity index (χ0v) is 39.4. The number of benzene rings is 1. The number of nitrogens with zero attached hydrogens (tertiary/aromatic N) is 5. The highest BCUT2D eigenvalue weighted by molar-refractivity contribution is 5.98. The summed E-state index contributed by atoms with van der Waals surface area (Å²) in [6.07, 6.45) is 11.0. The summed E-state index contributed by atoms with van der Waals surface area (Å²) < 4.78 is 5.30. The molecule has 27 heteroatoms. The fraction of sp³-hybridized carbons (Fsp3) is 0.400. The normalized spacial score (nSPS) is 14.9. The lowest BCUT2D eigenvalue weighted by atomic mass is 10.0. The number of carbonyl (C=O) groups excluding carboxylic acids is 9. The molecule has 0 saturated carbocycles. The Hall–Kier alpha value is -8.91. The first kappa shape index (κ1) is 52.5. The van der Waals surface area contributed by atoms with Crippen LogP contribution in [0.15, 0.2) is 80.4 Å². The van der Waals surface area contributed by atoms with Gasteiger partial charge in [-0.1, -0.05) is 30.3 Å². The minimum Gasteiger partial charge on any atom is -0.445 e. The Labute approximate surface area is 411 Å². The Morgan fingerprint density at radius 1 is 0.667 bits per heavy atom. The number of nitrogens with two attached hydrogens (primary N) is 1. The molecule has 0 unspecified atom stereocenters. The van der Waals surface area contributed by atoms with Crippen LogP contribution in [0, 0.1) is 0 Å². The molecule has 382 valence electrons. The van der Waals surface area contributed by atoms with Gasteiger partial charge >= 0.3 is 6.09 Å². The highest BCUT2D eigenvalue weighted by Crippen LogP contribution is 2.21. The first-order valence-corrected chi connectivity index (χ1v) is 22.8. The van der Waals surface area contributed by atoms with Crippen LogP contribution in [0.5, 0.6) is 0 Å². The average molecular weight is 996 g/mol. The molecule has 0 radical (unpaired) electrons.